The Balaban J connectivity index is 1.39. The maximum Gasteiger partial charge on any atom is 0.318 e. The van der Waals surface area contributed by atoms with E-state index in [2.05, 4.69) is 33.1 Å². The Morgan fingerprint density at radius 3 is 2.97 bits per heavy atom. The highest BCUT2D eigenvalue weighted by atomic mass is 19.1. The standard InChI is InChI=1S/C25H32FN7O2/c1-31-9-2-3-19(31)16-35-25-29-23-15-32(12-17-11-20(34)4-5-22(17)26)14-21(23)24(30-25)33-10-8-28-18(13-33)6-7-27/h4-5,11,18-19,28,34H,2-3,6,8-10,12-16H2,1H3. The molecule has 3 aliphatic heterocycles. The summed E-state index contributed by atoms with van der Waals surface area (Å²) in [7, 11) is 2.12. The lowest BCUT2D eigenvalue weighted by Crippen LogP contribution is -2.51. The van der Waals surface area contributed by atoms with Crippen LogP contribution in [0, 0.1) is 17.1 Å². The highest BCUT2D eigenvalue weighted by Crippen LogP contribution is 2.33. The molecular weight excluding hydrogens is 449 g/mol. The average Bonchev–Trinajstić information content (AvgIpc) is 3.45. The van der Waals surface area contributed by atoms with Crippen LogP contribution in [-0.2, 0) is 19.6 Å². The number of likely N-dealkylation sites (N-methyl/N-ethyl adjacent to an activating group) is 1. The van der Waals surface area contributed by atoms with Crippen LogP contribution in [0.15, 0.2) is 18.2 Å². The third-order valence-corrected chi connectivity index (χ3v) is 7.20. The number of fused-ring (bicyclic) bond motifs is 1. The molecule has 2 saturated heterocycles. The van der Waals surface area contributed by atoms with Crippen LogP contribution in [-0.4, -0.2) is 76.8 Å². The molecule has 35 heavy (non-hydrogen) atoms. The monoisotopic (exact) mass is 481 g/mol. The maximum absolute atomic E-state index is 14.4. The number of phenols is 1. The Bertz CT molecular complexity index is 1110. The Morgan fingerprint density at radius 2 is 2.17 bits per heavy atom. The lowest BCUT2D eigenvalue weighted by atomic mass is 10.1. The normalized spacial score (nSPS) is 22.8. The molecule has 0 aliphatic carbocycles. The summed E-state index contributed by atoms with van der Waals surface area (Å²) in [6.07, 6.45) is 2.71. The fourth-order valence-corrected chi connectivity index (χ4v) is 5.27. The van der Waals surface area contributed by atoms with Crippen molar-refractivity contribution < 1.29 is 14.2 Å². The van der Waals surface area contributed by atoms with Crippen molar-refractivity contribution >= 4 is 5.82 Å². The summed E-state index contributed by atoms with van der Waals surface area (Å²) >= 11 is 0. The van der Waals surface area contributed by atoms with Crippen molar-refractivity contribution in [3.05, 3.63) is 40.8 Å². The van der Waals surface area contributed by atoms with E-state index in [1.54, 1.807) is 0 Å². The van der Waals surface area contributed by atoms with Gasteiger partial charge in [0.25, 0.3) is 0 Å². The van der Waals surface area contributed by atoms with Crippen LogP contribution in [0.3, 0.4) is 0 Å². The van der Waals surface area contributed by atoms with Gasteiger partial charge in [-0.2, -0.15) is 15.2 Å². The number of nitriles is 1. The number of aromatic nitrogens is 2. The summed E-state index contributed by atoms with van der Waals surface area (Å²) in [5.41, 5.74) is 2.36. The van der Waals surface area contributed by atoms with Gasteiger partial charge in [-0.25, -0.2) is 4.39 Å². The van der Waals surface area contributed by atoms with Crippen molar-refractivity contribution in [1.82, 2.24) is 25.1 Å². The van der Waals surface area contributed by atoms with E-state index in [1.165, 1.54) is 24.6 Å². The van der Waals surface area contributed by atoms with Gasteiger partial charge in [-0.3, -0.25) is 4.90 Å². The van der Waals surface area contributed by atoms with E-state index in [9.17, 15) is 14.8 Å². The number of anilines is 1. The largest absolute Gasteiger partial charge is 0.508 e. The molecule has 0 radical (unpaired) electrons. The van der Waals surface area contributed by atoms with Crippen LogP contribution in [0.2, 0.25) is 0 Å². The molecule has 0 amide bonds. The van der Waals surface area contributed by atoms with E-state index < -0.39 is 0 Å². The molecule has 1 aromatic carbocycles. The highest BCUT2D eigenvalue weighted by Gasteiger charge is 2.31. The molecule has 1 aromatic heterocycles. The predicted molar refractivity (Wildman–Crippen MR) is 128 cm³/mol. The van der Waals surface area contributed by atoms with Gasteiger partial charge in [-0.05, 0) is 44.6 Å². The van der Waals surface area contributed by atoms with Crippen LogP contribution in [0.1, 0.15) is 36.1 Å². The molecule has 2 N–H and O–H groups in total. The van der Waals surface area contributed by atoms with Crippen LogP contribution in [0.5, 0.6) is 11.8 Å². The fourth-order valence-electron chi connectivity index (χ4n) is 5.27. The first kappa shape index (κ1) is 23.7. The Kier molecular flexibility index (Phi) is 7.00. The van der Waals surface area contributed by atoms with Crippen molar-refractivity contribution in [3.63, 3.8) is 0 Å². The predicted octanol–water partition coefficient (Wildman–Crippen LogP) is 2.00. The van der Waals surface area contributed by atoms with Crippen molar-refractivity contribution in [2.45, 2.75) is 51.0 Å². The van der Waals surface area contributed by atoms with E-state index in [0.29, 0.717) is 56.8 Å². The second kappa shape index (κ2) is 10.3. The van der Waals surface area contributed by atoms with Crippen molar-refractivity contribution in [3.8, 4) is 17.8 Å². The molecule has 2 atom stereocenters. The van der Waals surface area contributed by atoms with Gasteiger partial charge in [0.1, 0.15) is 24.0 Å². The van der Waals surface area contributed by atoms with E-state index >= 15 is 0 Å². The number of likely N-dealkylation sites (tertiary alicyclic amines) is 1. The number of piperazine rings is 1. The number of phenolic OH excluding ortho intramolecular Hbond substituents is 1. The van der Waals surface area contributed by atoms with E-state index in [1.807, 2.05) is 0 Å². The third-order valence-electron chi connectivity index (χ3n) is 7.20. The number of benzene rings is 1. The molecule has 0 bridgehead atoms. The number of hydrogen-bond acceptors (Lipinski definition) is 9. The van der Waals surface area contributed by atoms with Gasteiger partial charge in [-0.1, -0.05) is 0 Å². The zero-order valence-corrected chi connectivity index (χ0v) is 20.1. The van der Waals surface area contributed by atoms with Crippen molar-refractivity contribution in [1.29, 1.82) is 5.26 Å². The lowest BCUT2D eigenvalue weighted by Gasteiger charge is -2.34. The smallest absolute Gasteiger partial charge is 0.318 e. The lowest BCUT2D eigenvalue weighted by molar-refractivity contribution is 0.187. The summed E-state index contributed by atoms with van der Waals surface area (Å²) in [5, 5.41) is 22.4. The van der Waals surface area contributed by atoms with Crippen LogP contribution < -0.4 is 15.0 Å². The maximum atomic E-state index is 14.4. The van der Waals surface area contributed by atoms with Gasteiger partial charge in [-0.15, -0.1) is 0 Å². The number of hydrogen-bond donors (Lipinski definition) is 2. The fraction of sp³-hybridized carbons (Fsp3) is 0.560. The zero-order valence-electron chi connectivity index (χ0n) is 20.1. The first-order chi connectivity index (χ1) is 17.0. The minimum absolute atomic E-state index is 0.0514. The third kappa shape index (κ3) is 5.32. The minimum atomic E-state index is -0.337. The van der Waals surface area contributed by atoms with Gasteiger partial charge < -0.3 is 25.0 Å². The molecule has 0 spiro atoms. The Morgan fingerprint density at radius 1 is 1.29 bits per heavy atom. The number of ether oxygens (including phenoxy) is 1. The number of nitrogens with zero attached hydrogens (tertiary/aromatic N) is 6. The van der Waals surface area contributed by atoms with Crippen LogP contribution in [0.4, 0.5) is 10.2 Å². The number of aromatic hydroxyl groups is 1. The number of halogens is 1. The van der Waals surface area contributed by atoms with E-state index in [-0.39, 0.29) is 17.6 Å². The summed E-state index contributed by atoms with van der Waals surface area (Å²) in [6.45, 7) is 5.34. The first-order valence-electron chi connectivity index (χ1n) is 12.3. The van der Waals surface area contributed by atoms with Crippen molar-refractivity contribution in [2.75, 3.05) is 44.7 Å². The summed E-state index contributed by atoms with van der Waals surface area (Å²) in [6, 6.07) is 7.19. The van der Waals surface area contributed by atoms with E-state index in [4.69, 9.17) is 14.7 Å². The molecular formula is C25H32FN7O2. The molecule has 9 nitrogen and oxygen atoms in total. The number of nitrogens with one attached hydrogen (secondary N) is 1. The molecule has 5 rings (SSSR count). The SMILES string of the molecule is CN1CCCC1COc1nc2c(c(N3CCNC(CC#N)C3)n1)CN(Cc1cc(O)ccc1F)C2. The molecule has 2 fully saturated rings. The highest BCUT2D eigenvalue weighted by molar-refractivity contribution is 5.52. The minimum Gasteiger partial charge on any atom is -0.508 e. The van der Waals surface area contributed by atoms with Gasteiger partial charge in [0, 0.05) is 62.5 Å². The molecule has 2 aromatic rings. The van der Waals surface area contributed by atoms with Gasteiger partial charge >= 0.3 is 6.01 Å². The topological polar surface area (TPSA) is 101 Å². The van der Waals surface area contributed by atoms with E-state index in [0.717, 1.165) is 43.1 Å². The second-order valence-electron chi connectivity index (χ2n) is 9.72. The van der Waals surface area contributed by atoms with Crippen LogP contribution >= 0.6 is 0 Å². The molecule has 4 heterocycles. The van der Waals surface area contributed by atoms with Gasteiger partial charge in [0.2, 0.25) is 0 Å². The average molecular weight is 482 g/mol. The molecule has 2 unspecified atom stereocenters. The number of rotatable bonds is 7. The second-order valence-corrected chi connectivity index (χ2v) is 9.72. The Hall–Kier alpha value is -3.00. The van der Waals surface area contributed by atoms with Crippen LogP contribution in [0.25, 0.3) is 0 Å². The van der Waals surface area contributed by atoms with Gasteiger partial charge in [0.15, 0.2) is 0 Å². The quantitative estimate of drug-likeness (QED) is 0.615. The summed E-state index contributed by atoms with van der Waals surface area (Å²) in [5.74, 6) is 0.555. The molecule has 186 valence electrons. The van der Waals surface area contributed by atoms with Crippen molar-refractivity contribution in [2.24, 2.45) is 0 Å². The Labute approximate surface area is 205 Å². The summed E-state index contributed by atoms with van der Waals surface area (Å²) < 4.78 is 20.5. The van der Waals surface area contributed by atoms with Gasteiger partial charge in [0.05, 0.1) is 18.2 Å². The summed E-state index contributed by atoms with van der Waals surface area (Å²) in [4.78, 5) is 16.2. The molecule has 0 saturated carbocycles. The molecule has 10 heteroatoms. The zero-order chi connectivity index (χ0) is 24.4. The molecule has 3 aliphatic rings. The first-order valence-corrected chi connectivity index (χ1v) is 12.3.